The van der Waals surface area contributed by atoms with E-state index in [1.54, 1.807) is 6.26 Å². The highest BCUT2D eigenvalue weighted by Gasteiger charge is 2.27. The lowest BCUT2D eigenvalue weighted by molar-refractivity contribution is 0.0622. The second kappa shape index (κ2) is 8.83. The summed E-state index contributed by atoms with van der Waals surface area (Å²) in [6.45, 7) is 10.6. The normalized spacial score (nSPS) is 14.8. The molecule has 1 aromatic carbocycles. The minimum atomic E-state index is 0.0483. The summed E-state index contributed by atoms with van der Waals surface area (Å²) in [5.41, 5.74) is 5.30. The third-order valence-electron chi connectivity index (χ3n) is 6.37. The van der Waals surface area contributed by atoms with Gasteiger partial charge in [-0.1, -0.05) is 29.8 Å². The van der Waals surface area contributed by atoms with E-state index in [0.717, 1.165) is 53.4 Å². The van der Waals surface area contributed by atoms with Crippen LogP contribution in [0.25, 0.3) is 22.3 Å². The van der Waals surface area contributed by atoms with Gasteiger partial charge in [-0.2, -0.15) is 5.10 Å². The Morgan fingerprint density at radius 1 is 1.06 bits per heavy atom. The van der Waals surface area contributed by atoms with Crippen LogP contribution >= 0.6 is 0 Å². The molecule has 4 aromatic rings. The van der Waals surface area contributed by atoms with Crippen molar-refractivity contribution in [3.63, 3.8) is 0 Å². The molecule has 0 bridgehead atoms. The number of nitrogens with zero attached hydrogens (tertiary/aromatic N) is 5. The van der Waals surface area contributed by atoms with E-state index in [-0.39, 0.29) is 5.91 Å². The second-order valence-electron chi connectivity index (χ2n) is 8.67. The largest absolute Gasteiger partial charge is 0.468 e. The third-order valence-corrected chi connectivity index (χ3v) is 6.37. The average molecular weight is 444 g/mol. The first-order valence-electron chi connectivity index (χ1n) is 11.5. The number of hydrogen-bond donors (Lipinski definition) is 0. The van der Waals surface area contributed by atoms with Gasteiger partial charge in [0.1, 0.15) is 5.76 Å². The Labute approximate surface area is 193 Å². The zero-order chi connectivity index (χ0) is 22.9. The van der Waals surface area contributed by atoms with Gasteiger partial charge in [-0.3, -0.25) is 9.69 Å². The number of furan rings is 1. The van der Waals surface area contributed by atoms with E-state index >= 15 is 0 Å². The highest BCUT2D eigenvalue weighted by Crippen LogP contribution is 2.29. The fourth-order valence-electron chi connectivity index (χ4n) is 4.52. The van der Waals surface area contributed by atoms with Crippen molar-refractivity contribution in [1.82, 2.24) is 24.6 Å². The van der Waals surface area contributed by atoms with Crippen LogP contribution in [0.1, 0.15) is 34.3 Å². The summed E-state index contributed by atoms with van der Waals surface area (Å²) in [5, 5.41) is 5.52. The van der Waals surface area contributed by atoms with Crippen molar-refractivity contribution < 1.29 is 9.21 Å². The lowest BCUT2D eigenvalue weighted by atomic mass is 10.0. The third kappa shape index (κ3) is 4.16. The van der Waals surface area contributed by atoms with Gasteiger partial charge in [-0.15, -0.1) is 0 Å². The van der Waals surface area contributed by atoms with Gasteiger partial charge in [0.05, 0.1) is 35.1 Å². The second-order valence-corrected chi connectivity index (χ2v) is 8.67. The van der Waals surface area contributed by atoms with E-state index in [0.29, 0.717) is 25.2 Å². The summed E-state index contributed by atoms with van der Waals surface area (Å²) in [4.78, 5) is 22.9. The molecular formula is C26H29N5O2. The minimum absolute atomic E-state index is 0.0483. The molecule has 0 saturated carbocycles. The number of fused-ring (bicyclic) bond motifs is 1. The van der Waals surface area contributed by atoms with Gasteiger partial charge in [0.2, 0.25) is 0 Å². The molecule has 1 aliphatic heterocycles. The number of piperazine rings is 1. The van der Waals surface area contributed by atoms with Crippen molar-refractivity contribution in [1.29, 1.82) is 0 Å². The smallest absolute Gasteiger partial charge is 0.254 e. The van der Waals surface area contributed by atoms with E-state index in [1.807, 2.05) is 41.6 Å². The van der Waals surface area contributed by atoms with Crippen molar-refractivity contribution >= 4 is 16.9 Å². The van der Waals surface area contributed by atoms with Crippen LogP contribution in [-0.4, -0.2) is 56.7 Å². The Bertz CT molecular complexity index is 1270. The number of rotatable bonds is 5. The first kappa shape index (κ1) is 21.4. The molecule has 3 aromatic heterocycles. The average Bonchev–Trinajstić information content (AvgIpc) is 3.46. The molecule has 0 N–H and O–H groups in total. The van der Waals surface area contributed by atoms with E-state index < -0.39 is 0 Å². The zero-order valence-corrected chi connectivity index (χ0v) is 19.4. The van der Waals surface area contributed by atoms with Gasteiger partial charge in [-0.05, 0) is 39.0 Å². The molecule has 170 valence electrons. The van der Waals surface area contributed by atoms with Gasteiger partial charge in [0.15, 0.2) is 5.65 Å². The Hall–Kier alpha value is -3.45. The number of aryl methyl sites for hydroxylation is 3. The van der Waals surface area contributed by atoms with Crippen LogP contribution in [-0.2, 0) is 13.1 Å². The number of amides is 1. The molecule has 0 unspecified atom stereocenters. The minimum Gasteiger partial charge on any atom is -0.468 e. The Morgan fingerprint density at radius 2 is 1.82 bits per heavy atom. The molecule has 0 aliphatic carbocycles. The van der Waals surface area contributed by atoms with Crippen LogP contribution in [0.15, 0.2) is 53.1 Å². The molecule has 0 spiro atoms. The molecule has 1 fully saturated rings. The van der Waals surface area contributed by atoms with Gasteiger partial charge in [0.25, 0.3) is 5.91 Å². The molecule has 33 heavy (non-hydrogen) atoms. The van der Waals surface area contributed by atoms with Gasteiger partial charge < -0.3 is 9.32 Å². The summed E-state index contributed by atoms with van der Waals surface area (Å²) in [6.07, 6.45) is 1.70. The monoisotopic (exact) mass is 443 g/mol. The summed E-state index contributed by atoms with van der Waals surface area (Å²) in [6, 6.07) is 14.1. The fourth-order valence-corrected chi connectivity index (χ4v) is 4.52. The molecule has 5 rings (SSSR count). The maximum Gasteiger partial charge on any atom is 0.254 e. The molecule has 1 aliphatic rings. The highest BCUT2D eigenvalue weighted by molar-refractivity contribution is 6.07. The molecule has 1 amide bonds. The molecule has 7 nitrogen and oxygen atoms in total. The van der Waals surface area contributed by atoms with Gasteiger partial charge in [0, 0.05) is 38.3 Å². The first-order chi connectivity index (χ1) is 16.0. The van der Waals surface area contributed by atoms with Crippen molar-refractivity contribution in [3.05, 3.63) is 71.3 Å². The Balaban J connectivity index is 1.47. The Kier molecular flexibility index (Phi) is 5.72. The standard InChI is InChI=1S/C26H29N5O2/c1-4-31-25-24(19(3)28-31)22(16-23(27-25)20-9-7-18(2)8-10-20)26(32)30-13-11-29(12-14-30)17-21-6-5-15-33-21/h5-10,15-16H,4,11-14,17H2,1-3H3. The van der Waals surface area contributed by atoms with Gasteiger partial charge in [-0.25, -0.2) is 9.67 Å². The summed E-state index contributed by atoms with van der Waals surface area (Å²) >= 11 is 0. The lowest BCUT2D eigenvalue weighted by Gasteiger charge is -2.34. The number of hydrogen-bond acceptors (Lipinski definition) is 5. The van der Waals surface area contributed by atoms with Crippen LogP contribution in [0.2, 0.25) is 0 Å². The van der Waals surface area contributed by atoms with Crippen LogP contribution < -0.4 is 0 Å². The molecule has 7 heteroatoms. The maximum absolute atomic E-state index is 13.7. The van der Waals surface area contributed by atoms with Crippen molar-refractivity contribution in [2.24, 2.45) is 0 Å². The van der Waals surface area contributed by atoms with Crippen molar-refractivity contribution in [2.45, 2.75) is 33.9 Å². The Morgan fingerprint density at radius 3 is 2.48 bits per heavy atom. The molecule has 4 heterocycles. The van der Waals surface area contributed by atoms with Crippen LogP contribution in [0.3, 0.4) is 0 Å². The summed E-state index contributed by atoms with van der Waals surface area (Å²) in [7, 11) is 0. The van der Waals surface area contributed by atoms with E-state index in [4.69, 9.17) is 9.40 Å². The number of benzene rings is 1. The highest BCUT2D eigenvalue weighted by atomic mass is 16.3. The number of carbonyl (C=O) groups is 1. The van der Waals surface area contributed by atoms with E-state index in [9.17, 15) is 4.79 Å². The summed E-state index contributed by atoms with van der Waals surface area (Å²) < 4.78 is 7.37. The first-order valence-corrected chi connectivity index (χ1v) is 11.5. The maximum atomic E-state index is 13.7. The van der Waals surface area contributed by atoms with Crippen LogP contribution in [0, 0.1) is 13.8 Å². The molecule has 0 atom stereocenters. The number of pyridine rings is 1. The molecular weight excluding hydrogens is 414 g/mol. The van der Waals surface area contributed by atoms with Crippen LogP contribution in [0.5, 0.6) is 0 Å². The lowest BCUT2D eigenvalue weighted by Crippen LogP contribution is -2.48. The zero-order valence-electron chi connectivity index (χ0n) is 19.4. The van der Waals surface area contributed by atoms with Crippen molar-refractivity contribution in [3.8, 4) is 11.3 Å². The van der Waals surface area contributed by atoms with E-state index in [1.165, 1.54) is 5.56 Å². The fraction of sp³-hybridized carbons (Fsp3) is 0.346. The van der Waals surface area contributed by atoms with Crippen molar-refractivity contribution in [2.75, 3.05) is 26.2 Å². The predicted octanol–water partition coefficient (Wildman–Crippen LogP) is 4.29. The SMILES string of the molecule is CCn1nc(C)c2c(C(=O)N3CCN(Cc4ccco4)CC3)cc(-c3ccc(C)cc3)nc21. The summed E-state index contributed by atoms with van der Waals surface area (Å²) in [5.74, 6) is 1.00. The van der Waals surface area contributed by atoms with Crippen LogP contribution in [0.4, 0.5) is 0 Å². The molecule has 1 saturated heterocycles. The van der Waals surface area contributed by atoms with Gasteiger partial charge >= 0.3 is 0 Å². The topological polar surface area (TPSA) is 67.4 Å². The molecule has 0 radical (unpaired) electrons. The quantitative estimate of drug-likeness (QED) is 0.460. The number of carbonyl (C=O) groups excluding carboxylic acids is 1. The predicted molar refractivity (Wildman–Crippen MR) is 128 cm³/mol. The van der Waals surface area contributed by atoms with E-state index in [2.05, 4.69) is 41.2 Å². The number of aromatic nitrogens is 3.